The fourth-order valence-electron chi connectivity index (χ4n) is 1.98. The highest BCUT2D eigenvalue weighted by Gasteiger charge is 2.14. The summed E-state index contributed by atoms with van der Waals surface area (Å²) in [7, 11) is -3.52. The van der Waals surface area contributed by atoms with Gasteiger partial charge in [0, 0.05) is 18.1 Å². The molecule has 0 atom stereocenters. The molecule has 4 N–H and O–H groups in total. The molecule has 0 aliphatic heterocycles. The molecule has 0 saturated carbocycles. The molecule has 0 fully saturated rings. The normalized spacial score (nSPS) is 11.5. The van der Waals surface area contributed by atoms with Crippen LogP contribution in [0.15, 0.2) is 30.5 Å². The van der Waals surface area contributed by atoms with Crippen LogP contribution in [0.5, 0.6) is 0 Å². The zero-order valence-corrected chi connectivity index (χ0v) is 11.9. The summed E-state index contributed by atoms with van der Waals surface area (Å²) in [6, 6.07) is 7.12. The molecular formula is C13H15N3O4S. The van der Waals surface area contributed by atoms with Gasteiger partial charge in [0.2, 0.25) is 10.0 Å². The van der Waals surface area contributed by atoms with Crippen LogP contribution in [0, 0.1) is 0 Å². The smallest absolute Gasteiger partial charge is 0.339 e. The largest absolute Gasteiger partial charge is 0.478 e. The SMILES string of the molecule is NS(=O)(=O)CCCNc1c(C(=O)O)cnc2ccccc12. The Balaban J connectivity index is 2.27. The number of sulfonamides is 1. The van der Waals surface area contributed by atoms with E-state index in [0.717, 1.165) is 0 Å². The van der Waals surface area contributed by atoms with E-state index in [-0.39, 0.29) is 17.7 Å². The van der Waals surface area contributed by atoms with Gasteiger partial charge in [-0.2, -0.15) is 0 Å². The van der Waals surface area contributed by atoms with E-state index < -0.39 is 16.0 Å². The van der Waals surface area contributed by atoms with Gasteiger partial charge in [-0.3, -0.25) is 4.98 Å². The Morgan fingerprint density at radius 2 is 2.05 bits per heavy atom. The van der Waals surface area contributed by atoms with Gasteiger partial charge in [0.05, 0.1) is 17.0 Å². The van der Waals surface area contributed by atoms with Crippen LogP contribution >= 0.6 is 0 Å². The van der Waals surface area contributed by atoms with Gasteiger partial charge in [-0.15, -0.1) is 0 Å². The lowest BCUT2D eigenvalue weighted by molar-refractivity contribution is 0.0697. The van der Waals surface area contributed by atoms with Gasteiger partial charge in [0.25, 0.3) is 0 Å². The third kappa shape index (κ3) is 3.89. The third-order valence-corrected chi connectivity index (χ3v) is 3.77. The van der Waals surface area contributed by atoms with Crippen molar-refractivity contribution in [3.8, 4) is 0 Å². The summed E-state index contributed by atoms with van der Waals surface area (Å²) in [5, 5.41) is 17.8. The van der Waals surface area contributed by atoms with Gasteiger partial charge in [0.15, 0.2) is 0 Å². The fourth-order valence-corrected chi connectivity index (χ4v) is 2.53. The number of hydrogen-bond donors (Lipinski definition) is 3. The number of nitrogens with two attached hydrogens (primary N) is 1. The van der Waals surface area contributed by atoms with Gasteiger partial charge in [-0.05, 0) is 12.5 Å². The molecule has 7 nitrogen and oxygen atoms in total. The molecule has 1 heterocycles. The van der Waals surface area contributed by atoms with E-state index in [9.17, 15) is 18.3 Å². The van der Waals surface area contributed by atoms with Crippen LogP contribution in [0.3, 0.4) is 0 Å². The Morgan fingerprint density at radius 3 is 2.71 bits per heavy atom. The molecule has 0 aliphatic carbocycles. The number of aromatic carboxylic acids is 1. The first-order chi connectivity index (χ1) is 9.88. The fraction of sp³-hybridized carbons (Fsp3) is 0.231. The molecule has 112 valence electrons. The Morgan fingerprint density at radius 1 is 1.33 bits per heavy atom. The first-order valence-corrected chi connectivity index (χ1v) is 7.95. The van der Waals surface area contributed by atoms with Crippen LogP contribution in [0.4, 0.5) is 5.69 Å². The quantitative estimate of drug-likeness (QED) is 0.685. The number of para-hydroxylation sites is 1. The second kappa shape index (κ2) is 6.06. The van der Waals surface area contributed by atoms with Crippen molar-refractivity contribution in [2.24, 2.45) is 5.14 Å². The van der Waals surface area contributed by atoms with Crippen LogP contribution in [0.2, 0.25) is 0 Å². The lowest BCUT2D eigenvalue weighted by Crippen LogP contribution is -2.19. The Kier molecular flexibility index (Phi) is 4.39. The van der Waals surface area contributed by atoms with Crippen molar-refractivity contribution in [3.63, 3.8) is 0 Å². The number of pyridine rings is 1. The van der Waals surface area contributed by atoms with E-state index in [0.29, 0.717) is 23.1 Å². The maximum atomic E-state index is 11.3. The molecule has 8 heteroatoms. The van der Waals surface area contributed by atoms with Gasteiger partial charge in [0.1, 0.15) is 5.56 Å². The monoisotopic (exact) mass is 309 g/mol. The van der Waals surface area contributed by atoms with E-state index in [2.05, 4.69) is 10.3 Å². The number of carboxylic acid groups (broad SMARTS) is 1. The second-order valence-corrected chi connectivity index (χ2v) is 6.25. The number of aromatic nitrogens is 1. The van der Waals surface area contributed by atoms with Crippen LogP contribution in [-0.2, 0) is 10.0 Å². The first-order valence-electron chi connectivity index (χ1n) is 6.24. The number of hydrogen-bond acceptors (Lipinski definition) is 5. The topological polar surface area (TPSA) is 122 Å². The summed E-state index contributed by atoms with van der Waals surface area (Å²) < 4.78 is 21.8. The predicted octanol–water partition coefficient (Wildman–Crippen LogP) is 1.02. The van der Waals surface area contributed by atoms with Gasteiger partial charge < -0.3 is 10.4 Å². The zero-order valence-electron chi connectivity index (χ0n) is 11.1. The highest BCUT2D eigenvalue weighted by atomic mass is 32.2. The Bertz CT molecular complexity index is 774. The number of rotatable bonds is 6. The number of nitrogens with zero attached hydrogens (tertiary/aromatic N) is 1. The summed E-state index contributed by atoms with van der Waals surface area (Å²) in [6.07, 6.45) is 1.57. The molecule has 0 bridgehead atoms. The van der Waals surface area contributed by atoms with Crippen molar-refractivity contribution in [1.82, 2.24) is 4.98 Å². The molecule has 1 aromatic carbocycles. The Hall–Kier alpha value is -2.19. The zero-order chi connectivity index (χ0) is 15.5. The molecule has 0 spiro atoms. The standard InChI is InChI=1S/C13H15N3O4S/c14-21(19,20)7-3-6-15-12-9-4-1-2-5-11(9)16-8-10(12)13(17)18/h1-2,4-5,8H,3,6-7H2,(H,15,16)(H,17,18)(H2,14,19,20). The second-order valence-electron chi connectivity index (χ2n) is 4.52. The maximum Gasteiger partial charge on any atom is 0.339 e. The number of anilines is 1. The molecule has 2 rings (SSSR count). The molecule has 0 amide bonds. The number of primary sulfonamides is 1. The van der Waals surface area contributed by atoms with Crippen LogP contribution in [0.25, 0.3) is 10.9 Å². The lowest BCUT2D eigenvalue weighted by atomic mass is 10.1. The molecule has 0 saturated heterocycles. The van der Waals surface area contributed by atoms with Crippen molar-refractivity contribution >= 4 is 32.6 Å². The van der Waals surface area contributed by atoms with E-state index >= 15 is 0 Å². The summed E-state index contributed by atoms with van der Waals surface area (Å²) in [6.45, 7) is 0.296. The van der Waals surface area contributed by atoms with Crippen LogP contribution < -0.4 is 10.5 Å². The minimum Gasteiger partial charge on any atom is -0.478 e. The number of benzene rings is 1. The average molecular weight is 309 g/mol. The minimum atomic E-state index is -3.52. The van der Waals surface area contributed by atoms with Crippen LogP contribution in [0.1, 0.15) is 16.8 Å². The molecule has 0 aliphatic rings. The van der Waals surface area contributed by atoms with Crippen molar-refractivity contribution in [2.45, 2.75) is 6.42 Å². The van der Waals surface area contributed by atoms with Crippen molar-refractivity contribution < 1.29 is 18.3 Å². The van der Waals surface area contributed by atoms with Crippen molar-refractivity contribution in [3.05, 3.63) is 36.0 Å². The summed E-state index contributed by atoms with van der Waals surface area (Å²) >= 11 is 0. The predicted molar refractivity (Wildman–Crippen MR) is 79.8 cm³/mol. The Labute approximate surface area is 121 Å². The van der Waals surface area contributed by atoms with E-state index in [1.54, 1.807) is 24.3 Å². The number of carboxylic acids is 1. The van der Waals surface area contributed by atoms with E-state index in [1.807, 2.05) is 0 Å². The molecule has 0 radical (unpaired) electrons. The van der Waals surface area contributed by atoms with Gasteiger partial charge in [-0.25, -0.2) is 18.4 Å². The van der Waals surface area contributed by atoms with Crippen molar-refractivity contribution in [2.75, 3.05) is 17.6 Å². The van der Waals surface area contributed by atoms with E-state index in [4.69, 9.17) is 5.14 Å². The van der Waals surface area contributed by atoms with Gasteiger partial charge >= 0.3 is 5.97 Å². The van der Waals surface area contributed by atoms with E-state index in [1.165, 1.54) is 6.20 Å². The molecule has 0 unspecified atom stereocenters. The molecule has 21 heavy (non-hydrogen) atoms. The molecule has 1 aromatic heterocycles. The van der Waals surface area contributed by atoms with Crippen LogP contribution in [-0.4, -0.2) is 36.8 Å². The summed E-state index contributed by atoms with van der Waals surface area (Å²) in [5.74, 6) is -1.26. The third-order valence-electron chi connectivity index (χ3n) is 2.91. The highest BCUT2D eigenvalue weighted by Crippen LogP contribution is 2.25. The average Bonchev–Trinajstić information content (AvgIpc) is 2.42. The summed E-state index contributed by atoms with van der Waals surface area (Å²) in [5.41, 5.74) is 1.14. The maximum absolute atomic E-state index is 11.3. The van der Waals surface area contributed by atoms with Crippen molar-refractivity contribution in [1.29, 1.82) is 0 Å². The number of fused-ring (bicyclic) bond motifs is 1. The molecule has 2 aromatic rings. The number of carbonyl (C=O) groups is 1. The molecular weight excluding hydrogens is 294 g/mol. The highest BCUT2D eigenvalue weighted by molar-refractivity contribution is 7.89. The van der Waals surface area contributed by atoms with Gasteiger partial charge in [-0.1, -0.05) is 18.2 Å². The number of nitrogens with one attached hydrogen (secondary N) is 1. The lowest BCUT2D eigenvalue weighted by Gasteiger charge is -2.12. The minimum absolute atomic E-state index is 0.0457. The first kappa shape index (κ1) is 15.2. The summed E-state index contributed by atoms with van der Waals surface area (Å²) in [4.78, 5) is 15.4.